The average molecular weight is 313 g/mol. The van der Waals surface area contributed by atoms with E-state index >= 15 is 0 Å². The number of pyridine rings is 1. The van der Waals surface area contributed by atoms with E-state index in [-0.39, 0.29) is 27.7 Å². The molecule has 20 heavy (non-hydrogen) atoms. The number of hydrogen-bond acceptors (Lipinski definition) is 4. The van der Waals surface area contributed by atoms with Crippen LogP contribution in [0.25, 0.3) is 0 Å². The summed E-state index contributed by atoms with van der Waals surface area (Å²) in [6.45, 7) is 3.94. The molecule has 1 aromatic rings. The Bertz CT molecular complexity index is 616. The molecule has 2 unspecified atom stereocenters. The standard InChI is InChI=1S/C13H19N3O2S2/c1-3-10-7-6-9(2)16(10)20(17,18)11-5-4-8-15-12(11)13(14)19/h4-5,8-10H,3,6-7H2,1-2H3,(H2,14,19). The molecule has 2 rings (SSSR count). The lowest BCUT2D eigenvalue weighted by atomic mass is 10.2. The van der Waals surface area contributed by atoms with Crippen molar-refractivity contribution >= 4 is 27.2 Å². The smallest absolute Gasteiger partial charge is 0.245 e. The summed E-state index contributed by atoms with van der Waals surface area (Å²) in [6.07, 6.45) is 4.06. The Morgan fingerprint density at radius 1 is 1.55 bits per heavy atom. The van der Waals surface area contributed by atoms with Crippen LogP contribution >= 0.6 is 12.2 Å². The Balaban J connectivity index is 2.53. The first-order chi connectivity index (χ1) is 9.39. The minimum atomic E-state index is -3.62. The highest BCUT2D eigenvalue weighted by atomic mass is 32.2. The normalized spacial score (nSPS) is 23.9. The monoisotopic (exact) mass is 313 g/mol. The van der Waals surface area contributed by atoms with Crippen molar-refractivity contribution in [1.29, 1.82) is 0 Å². The van der Waals surface area contributed by atoms with Gasteiger partial charge >= 0.3 is 0 Å². The number of aromatic nitrogens is 1. The van der Waals surface area contributed by atoms with Crippen molar-refractivity contribution in [2.75, 3.05) is 0 Å². The summed E-state index contributed by atoms with van der Waals surface area (Å²) in [5, 5.41) is 0. The van der Waals surface area contributed by atoms with Crippen LogP contribution in [0.1, 0.15) is 38.8 Å². The van der Waals surface area contributed by atoms with Gasteiger partial charge in [-0.2, -0.15) is 4.31 Å². The SMILES string of the molecule is CCC1CCC(C)N1S(=O)(=O)c1cccnc1C(N)=S. The molecule has 1 fully saturated rings. The van der Waals surface area contributed by atoms with Gasteiger partial charge in [0.15, 0.2) is 0 Å². The van der Waals surface area contributed by atoms with Crippen LogP contribution in [0, 0.1) is 0 Å². The molecule has 0 aliphatic carbocycles. The molecule has 2 heterocycles. The molecule has 0 radical (unpaired) electrons. The largest absolute Gasteiger partial charge is 0.388 e. The number of nitrogens with zero attached hydrogens (tertiary/aromatic N) is 2. The maximum atomic E-state index is 12.9. The minimum Gasteiger partial charge on any atom is -0.388 e. The van der Waals surface area contributed by atoms with Crippen LogP contribution in [0.5, 0.6) is 0 Å². The molecule has 7 heteroatoms. The molecule has 110 valence electrons. The van der Waals surface area contributed by atoms with Crippen molar-refractivity contribution in [3.8, 4) is 0 Å². The maximum absolute atomic E-state index is 12.9. The molecule has 0 bridgehead atoms. The van der Waals surface area contributed by atoms with Gasteiger partial charge in [0.25, 0.3) is 0 Å². The predicted octanol–water partition coefficient (Wildman–Crippen LogP) is 1.67. The lowest BCUT2D eigenvalue weighted by Crippen LogP contribution is -2.40. The van der Waals surface area contributed by atoms with E-state index in [9.17, 15) is 8.42 Å². The summed E-state index contributed by atoms with van der Waals surface area (Å²) in [5.41, 5.74) is 5.77. The molecule has 0 saturated carbocycles. The van der Waals surface area contributed by atoms with Gasteiger partial charge in [0, 0.05) is 18.3 Å². The first kappa shape index (κ1) is 15.3. The van der Waals surface area contributed by atoms with E-state index in [2.05, 4.69) is 4.98 Å². The highest BCUT2D eigenvalue weighted by molar-refractivity contribution is 7.89. The van der Waals surface area contributed by atoms with Crippen molar-refractivity contribution in [3.63, 3.8) is 0 Å². The van der Waals surface area contributed by atoms with Gasteiger partial charge in [-0.05, 0) is 38.3 Å². The van der Waals surface area contributed by atoms with Gasteiger partial charge in [-0.3, -0.25) is 4.98 Å². The zero-order chi connectivity index (χ0) is 14.9. The lowest BCUT2D eigenvalue weighted by molar-refractivity contribution is 0.328. The van der Waals surface area contributed by atoms with Crippen LogP contribution < -0.4 is 5.73 Å². The second-order valence-electron chi connectivity index (χ2n) is 5.04. The highest BCUT2D eigenvalue weighted by Gasteiger charge is 2.40. The second kappa shape index (κ2) is 5.75. The summed E-state index contributed by atoms with van der Waals surface area (Å²) in [6, 6.07) is 3.14. The third kappa shape index (κ3) is 2.57. The number of nitrogens with two attached hydrogens (primary N) is 1. The van der Waals surface area contributed by atoms with Gasteiger partial charge in [-0.15, -0.1) is 0 Å². The first-order valence-corrected chi connectivity index (χ1v) is 8.52. The summed E-state index contributed by atoms with van der Waals surface area (Å²) < 4.78 is 27.4. The Morgan fingerprint density at radius 3 is 2.85 bits per heavy atom. The molecule has 1 saturated heterocycles. The molecule has 2 atom stereocenters. The molecule has 2 N–H and O–H groups in total. The van der Waals surface area contributed by atoms with Crippen LogP contribution in [0.3, 0.4) is 0 Å². The van der Waals surface area contributed by atoms with E-state index in [0.29, 0.717) is 0 Å². The van der Waals surface area contributed by atoms with Gasteiger partial charge < -0.3 is 5.73 Å². The molecule has 0 aromatic carbocycles. The van der Waals surface area contributed by atoms with E-state index < -0.39 is 10.0 Å². The fourth-order valence-corrected chi connectivity index (χ4v) is 5.10. The summed E-state index contributed by atoms with van der Waals surface area (Å²) in [7, 11) is -3.62. The lowest BCUT2D eigenvalue weighted by Gasteiger charge is -2.27. The van der Waals surface area contributed by atoms with Crippen LogP contribution in [-0.2, 0) is 10.0 Å². The fourth-order valence-electron chi connectivity index (χ4n) is 2.76. The Labute approximate surface area is 125 Å². The van der Waals surface area contributed by atoms with Gasteiger partial charge in [-0.1, -0.05) is 19.1 Å². The fraction of sp³-hybridized carbons (Fsp3) is 0.538. The Hall–Kier alpha value is -1.05. The summed E-state index contributed by atoms with van der Waals surface area (Å²) in [5.74, 6) is 0. The van der Waals surface area contributed by atoms with Crippen molar-refractivity contribution in [2.45, 2.75) is 50.1 Å². The zero-order valence-corrected chi connectivity index (χ0v) is 13.2. The maximum Gasteiger partial charge on any atom is 0.245 e. The number of hydrogen-bond donors (Lipinski definition) is 1. The molecule has 1 aliphatic heterocycles. The number of sulfonamides is 1. The second-order valence-corrected chi connectivity index (χ2v) is 7.29. The van der Waals surface area contributed by atoms with Crippen LogP contribution in [0.15, 0.2) is 23.2 Å². The van der Waals surface area contributed by atoms with E-state index in [1.54, 1.807) is 10.4 Å². The number of rotatable bonds is 4. The highest BCUT2D eigenvalue weighted by Crippen LogP contribution is 2.33. The van der Waals surface area contributed by atoms with Gasteiger partial charge in [0.05, 0.1) is 0 Å². The van der Waals surface area contributed by atoms with E-state index in [4.69, 9.17) is 18.0 Å². The van der Waals surface area contributed by atoms with Crippen LogP contribution in [0.2, 0.25) is 0 Å². The minimum absolute atomic E-state index is 0.00377. The predicted molar refractivity (Wildman–Crippen MR) is 81.9 cm³/mol. The summed E-state index contributed by atoms with van der Waals surface area (Å²) in [4.78, 5) is 4.13. The van der Waals surface area contributed by atoms with Gasteiger partial charge in [-0.25, -0.2) is 8.42 Å². The molecule has 0 spiro atoms. The van der Waals surface area contributed by atoms with Crippen molar-refractivity contribution < 1.29 is 8.42 Å². The molecular formula is C13H19N3O2S2. The molecular weight excluding hydrogens is 294 g/mol. The topological polar surface area (TPSA) is 76.3 Å². The van der Waals surface area contributed by atoms with Gasteiger partial charge in [0.1, 0.15) is 15.6 Å². The first-order valence-electron chi connectivity index (χ1n) is 6.68. The third-order valence-corrected chi connectivity index (χ3v) is 6.03. The average Bonchev–Trinajstić information content (AvgIpc) is 2.80. The van der Waals surface area contributed by atoms with E-state index in [1.165, 1.54) is 12.3 Å². The number of thiocarbonyl (C=S) groups is 1. The summed E-state index contributed by atoms with van der Waals surface area (Å²) >= 11 is 4.91. The Kier molecular flexibility index (Phi) is 4.41. The quantitative estimate of drug-likeness (QED) is 0.856. The molecule has 0 amide bonds. The molecule has 1 aliphatic rings. The van der Waals surface area contributed by atoms with Crippen molar-refractivity contribution in [2.24, 2.45) is 5.73 Å². The Morgan fingerprint density at radius 2 is 2.25 bits per heavy atom. The van der Waals surface area contributed by atoms with Crippen molar-refractivity contribution in [1.82, 2.24) is 9.29 Å². The van der Waals surface area contributed by atoms with Gasteiger partial charge in [0.2, 0.25) is 10.0 Å². The van der Waals surface area contributed by atoms with Crippen LogP contribution in [-0.4, -0.2) is 34.8 Å². The van der Waals surface area contributed by atoms with E-state index in [0.717, 1.165) is 19.3 Å². The third-order valence-electron chi connectivity index (χ3n) is 3.74. The zero-order valence-electron chi connectivity index (χ0n) is 11.6. The molecule has 1 aromatic heterocycles. The molecule has 5 nitrogen and oxygen atoms in total. The van der Waals surface area contributed by atoms with Crippen LogP contribution in [0.4, 0.5) is 0 Å². The van der Waals surface area contributed by atoms with E-state index in [1.807, 2.05) is 13.8 Å². The van der Waals surface area contributed by atoms with Crippen molar-refractivity contribution in [3.05, 3.63) is 24.0 Å².